The highest BCUT2D eigenvalue weighted by Crippen LogP contribution is 2.37. The molecule has 1 amide bonds. The Kier molecular flexibility index (Phi) is 7.04. The maximum absolute atomic E-state index is 12.6. The van der Waals surface area contributed by atoms with Crippen LogP contribution in [0.15, 0.2) is 67.3 Å². The zero-order valence-corrected chi connectivity index (χ0v) is 22.3. The smallest absolute Gasteiger partial charge is 0.408 e. The summed E-state index contributed by atoms with van der Waals surface area (Å²) in [5.74, 6) is 0.560. The van der Waals surface area contributed by atoms with Crippen LogP contribution in [0.2, 0.25) is 5.15 Å². The van der Waals surface area contributed by atoms with Gasteiger partial charge in [0.25, 0.3) is 0 Å². The van der Waals surface area contributed by atoms with Crippen molar-refractivity contribution in [3.05, 3.63) is 78.0 Å². The summed E-state index contributed by atoms with van der Waals surface area (Å²) in [4.78, 5) is 25.4. The molecule has 4 aromatic heterocycles. The van der Waals surface area contributed by atoms with Gasteiger partial charge in [-0.25, -0.2) is 9.78 Å². The summed E-state index contributed by atoms with van der Waals surface area (Å²) in [5, 5.41) is 5.57. The molecule has 0 aliphatic rings. The number of alkyl carbamates (subject to hydrolysis) is 1. The zero-order valence-electron chi connectivity index (χ0n) is 20.7. The lowest BCUT2D eigenvalue weighted by Gasteiger charge is -2.24. The number of rotatable bonds is 7. The van der Waals surface area contributed by atoms with E-state index in [0.717, 1.165) is 37.0 Å². The van der Waals surface area contributed by atoms with Crippen LogP contribution in [0.25, 0.3) is 31.4 Å². The van der Waals surface area contributed by atoms with Crippen LogP contribution in [0.1, 0.15) is 26.3 Å². The molecule has 0 aliphatic heterocycles. The average molecular weight is 535 g/mol. The molecular formula is C28H27ClN4O3S. The summed E-state index contributed by atoms with van der Waals surface area (Å²) in [7, 11) is 0. The van der Waals surface area contributed by atoms with Crippen LogP contribution >= 0.6 is 22.9 Å². The average Bonchev–Trinajstić information content (AvgIpc) is 3.46. The predicted octanol–water partition coefficient (Wildman–Crippen LogP) is 7.01. The molecule has 0 saturated heterocycles. The number of nitrogens with one attached hydrogen (secondary N) is 2. The number of hydrogen-bond donors (Lipinski definition) is 2. The zero-order chi connectivity index (χ0) is 26.0. The van der Waals surface area contributed by atoms with Crippen LogP contribution in [0.4, 0.5) is 4.79 Å². The molecule has 1 aromatic carbocycles. The number of fused-ring (bicyclic) bond motifs is 2. The molecule has 9 heteroatoms. The minimum absolute atomic E-state index is 0.220. The summed E-state index contributed by atoms with van der Waals surface area (Å²) in [5.41, 5.74) is 2.30. The molecule has 4 heterocycles. The van der Waals surface area contributed by atoms with Crippen molar-refractivity contribution in [1.29, 1.82) is 0 Å². The molecule has 0 radical (unpaired) electrons. The van der Waals surface area contributed by atoms with Crippen molar-refractivity contribution in [3.8, 4) is 16.2 Å². The van der Waals surface area contributed by atoms with Crippen LogP contribution in [-0.2, 0) is 11.2 Å². The van der Waals surface area contributed by atoms with Crippen LogP contribution < -0.4 is 10.1 Å². The minimum atomic E-state index is -0.606. The summed E-state index contributed by atoms with van der Waals surface area (Å²) in [6.45, 7) is 5.73. The Morgan fingerprint density at radius 3 is 2.84 bits per heavy atom. The molecule has 0 bridgehead atoms. The standard InChI is InChI=1S/C28H27ClN4O3S/c1-28(2,3)36-27(34)33-19(10-18-13-31-23-7-5-4-6-21(18)23)16-35-20-12-22(26(29)32-14-20)24-11-17-8-9-30-15-25(17)37-24/h4-9,11-15,19,31H,10,16H2,1-3H3,(H,33,34)/t19-/m0/s1. The van der Waals surface area contributed by atoms with E-state index in [9.17, 15) is 4.79 Å². The lowest BCUT2D eigenvalue weighted by molar-refractivity contribution is 0.0488. The van der Waals surface area contributed by atoms with E-state index < -0.39 is 11.7 Å². The van der Waals surface area contributed by atoms with Gasteiger partial charge in [-0.3, -0.25) is 4.98 Å². The van der Waals surface area contributed by atoms with Crippen molar-refractivity contribution in [2.75, 3.05) is 6.61 Å². The van der Waals surface area contributed by atoms with Crippen molar-refractivity contribution in [2.45, 2.75) is 38.8 Å². The third kappa shape index (κ3) is 6.03. The maximum Gasteiger partial charge on any atom is 0.408 e. The molecule has 0 aliphatic carbocycles. The predicted molar refractivity (Wildman–Crippen MR) is 149 cm³/mol. The molecule has 7 nitrogen and oxygen atoms in total. The minimum Gasteiger partial charge on any atom is -0.490 e. The Hall–Kier alpha value is -3.62. The lowest BCUT2D eigenvalue weighted by Crippen LogP contribution is -2.43. The molecule has 0 spiro atoms. The second-order valence-corrected chi connectivity index (χ2v) is 11.2. The number of pyridine rings is 2. The highest BCUT2D eigenvalue weighted by molar-refractivity contribution is 7.22. The normalized spacial score (nSPS) is 12.5. The van der Waals surface area contributed by atoms with E-state index in [4.69, 9.17) is 21.1 Å². The number of benzene rings is 1. The number of aromatic amines is 1. The van der Waals surface area contributed by atoms with Gasteiger partial charge in [-0.05, 0) is 62.4 Å². The van der Waals surface area contributed by atoms with Crippen molar-refractivity contribution < 1.29 is 14.3 Å². The molecule has 37 heavy (non-hydrogen) atoms. The van der Waals surface area contributed by atoms with Gasteiger partial charge in [0.15, 0.2) is 0 Å². The Balaban J connectivity index is 1.36. The lowest BCUT2D eigenvalue weighted by atomic mass is 10.1. The molecule has 1 atom stereocenters. The Bertz CT molecular complexity index is 1520. The number of ether oxygens (including phenoxy) is 2. The van der Waals surface area contributed by atoms with E-state index in [1.807, 2.05) is 63.5 Å². The summed E-state index contributed by atoms with van der Waals surface area (Å²) < 4.78 is 12.7. The molecule has 0 fully saturated rings. The maximum atomic E-state index is 12.6. The number of aromatic nitrogens is 3. The van der Waals surface area contributed by atoms with Gasteiger partial charge in [-0.15, -0.1) is 11.3 Å². The highest BCUT2D eigenvalue weighted by Gasteiger charge is 2.22. The Labute approximate surface area is 223 Å². The van der Waals surface area contributed by atoms with Gasteiger partial charge in [0, 0.05) is 39.9 Å². The van der Waals surface area contributed by atoms with Gasteiger partial charge in [-0.1, -0.05) is 29.8 Å². The van der Waals surface area contributed by atoms with Crippen LogP contribution in [0.5, 0.6) is 5.75 Å². The number of carbonyl (C=O) groups is 1. The first-order valence-corrected chi connectivity index (χ1v) is 13.1. The van der Waals surface area contributed by atoms with Crippen molar-refractivity contribution in [3.63, 3.8) is 0 Å². The van der Waals surface area contributed by atoms with E-state index in [-0.39, 0.29) is 12.6 Å². The first-order chi connectivity index (χ1) is 17.7. The quantitative estimate of drug-likeness (QED) is 0.219. The second kappa shape index (κ2) is 10.4. The van der Waals surface area contributed by atoms with Crippen molar-refractivity contribution in [2.24, 2.45) is 0 Å². The topological polar surface area (TPSA) is 89.1 Å². The van der Waals surface area contributed by atoms with Gasteiger partial charge in [0.2, 0.25) is 0 Å². The van der Waals surface area contributed by atoms with Crippen molar-refractivity contribution >= 4 is 50.0 Å². The Morgan fingerprint density at radius 2 is 2.03 bits per heavy atom. The first-order valence-electron chi connectivity index (χ1n) is 11.9. The summed E-state index contributed by atoms with van der Waals surface area (Å²) in [6.07, 6.45) is 7.23. The summed E-state index contributed by atoms with van der Waals surface area (Å²) >= 11 is 8.04. The van der Waals surface area contributed by atoms with Gasteiger partial charge >= 0.3 is 6.09 Å². The van der Waals surface area contributed by atoms with E-state index in [1.54, 1.807) is 23.7 Å². The monoisotopic (exact) mass is 534 g/mol. The number of carbonyl (C=O) groups excluding carboxylic acids is 1. The SMILES string of the molecule is CC(C)(C)OC(=O)N[C@H](COc1cnc(Cl)c(-c2cc3ccncc3s2)c1)Cc1c[nH]c2ccccc12. The number of nitrogens with zero attached hydrogens (tertiary/aromatic N) is 2. The molecule has 0 saturated carbocycles. The number of H-pyrrole nitrogens is 1. The van der Waals surface area contributed by atoms with Crippen LogP contribution in [0, 0.1) is 0 Å². The number of thiophene rings is 1. The number of amides is 1. The molecule has 2 N–H and O–H groups in total. The van der Waals surface area contributed by atoms with Crippen LogP contribution in [0.3, 0.4) is 0 Å². The number of para-hydroxylation sites is 1. The van der Waals surface area contributed by atoms with Gasteiger partial charge in [0.1, 0.15) is 23.1 Å². The Morgan fingerprint density at radius 1 is 1.19 bits per heavy atom. The molecule has 0 unspecified atom stereocenters. The number of hydrogen-bond acceptors (Lipinski definition) is 6. The molecule has 5 rings (SSSR count). The second-order valence-electron chi connectivity index (χ2n) is 9.75. The van der Waals surface area contributed by atoms with E-state index >= 15 is 0 Å². The third-order valence-electron chi connectivity index (χ3n) is 5.72. The van der Waals surface area contributed by atoms with Gasteiger partial charge in [-0.2, -0.15) is 0 Å². The fraction of sp³-hybridized carbons (Fsp3) is 0.250. The largest absolute Gasteiger partial charge is 0.490 e. The first kappa shape index (κ1) is 25.0. The van der Waals surface area contributed by atoms with E-state index in [1.165, 1.54) is 0 Å². The van der Waals surface area contributed by atoms with Crippen molar-refractivity contribution in [1.82, 2.24) is 20.3 Å². The fourth-order valence-electron chi connectivity index (χ4n) is 4.09. The summed E-state index contributed by atoms with van der Waals surface area (Å²) in [6, 6.07) is 13.6. The third-order valence-corrected chi connectivity index (χ3v) is 7.14. The van der Waals surface area contributed by atoms with Crippen LogP contribution in [-0.4, -0.2) is 39.3 Å². The molecule has 5 aromatic rings. The molecule has 190 valence electrons. The fourth-order valence-corrected chi connectivity index (χ4v) is 5.39. The van der Waals surface area contributed by atoms with Gasteiger partial charge in [0.05, 0.1) is 16.9 Å². The van der Waals surface area contributed by atoms with Gasteiger partial charge < -0.3 is 19.8 Å². The highest BCUT2D eigenvalue weighted by atomic mass is 35.5. The van der Waals surface area contributed by atoms with E-state index in [0.29, 0.717) is 17.3 Å². The molecular weight excluding hydrogens is 508 g/mol. The number of halogens is 1. The van der Waals surface area contributed by atoms with E-state index in [2.05, 4.69) is 32.4 Å².